The van der Waals surface area contributed by atoms with E-state index in [9.17, 15) is 19.2 Å². The van der Waals surface area contributed by atoms with Crippen LogP contribution in [0.2, 0.25) is 0 Å². The van der Waals surface area contributed by atoms with E-state index in [4.69, 9.17) is 10.5 Å². The van der Waals surface area contributed by atoms with Crippen molar-refractivity contribution in [3.63, 3.8) is 0 Å². The summed E-state index contributed by atoms with van der Waals surface area (Å²) in [6.07, 6.45) is 1.62. The molecule has 0 bridgehead atoms. The number of hydrogen-bond donors (Lipinski definition) is 1. The Morgan fingerprint density at radius 1 is 1.39 bits per heavy atom. The van der Waals surface area contributed by atoms with Crippen molar-refractivity contribution in [1.29, 1.82) is 0 Å². The van der Waals surface area contributed by atoms with Crippen LogP contribution in [0.15, 0.2) is 17.5 Å². The molecule has 0 spiro atoms. The molecule has 1 fully saturated rings. The number of thioether (sulfide) groups is 2. The molecule has 3 heterocycles. The van der Waals surface area contributed by atoms with Crippen LogP contribution < -0.4 is 5.73 Å². The normalized spacial score (nSPS) is 21.1. The van der Waals surface area contributed by atoms with Crippen molar-refractivity contribution in [1.82, 2.24) is 9.88 Å². The van der Waals surface area contributed by atoms with Gasteiger partial charge in [0.15, 0.2) is 5.01 Å². The van der Waals surface area contributed by atoms with Gasteiger partial charge >= 0.3 is 11.9 Å². The highest BCUT2D eigenvalue weighted by Gasteiger charge is 2.52. The van der Waals surface area contributed by atoms with E-state index >= 15 is 0 Å². The molecule has 0 aliphatic carbocycles. The number of ether oxygens (including phenoxy) is 2. The molecule has 2 N–H and O–H groups in total. The Bertz CT molecular complexity index is 868. The maximum atomic E-state index is 12.5. The van der Waals surface area contributed by atoms with Crippen LogP contribution in [0.25, 0.3) is 0 Å². The second kappa shape index (κ2) is 8.64. The topological polar surface area (TPSA) is 129 Å². The number of nitrogens with two attached hydrogens (primary N) is 1. The van der Waals surface area contributed by atoms with E-state index in [1.807, 2.05) is 6.92 Å². The van der Waals surface area contributed by atoms with Crippen LogP contribution in [0.5, 0.6) is 0 Å². The minimum atomic E-state index is -0.792. The number of fused-ring (bicyclic) bond motifs is 1. The van der Waals surface area contributed by atoms with Gasteiger partial charge in [-0.3, -0.25) is 19.3 Å². The fourth-order valence-electron chi connectivity index (χ4n) is 2.58. The van der Waals surface area contributed by atoms with Gasteiger partial charge in [0.2, 0.25) is 17.8 Å². The van der Waals surface area contributed by atoms with Crippen molar-refractivity contribution < 1.29 is 28.7 Å². The summed E-state index contributed by atoms with van der Waals surface area (Å²) >= 11 is 3.72. The Hall–Kier alpha value is -1.89. The maximum Gasteiger partial charge on any atom is 0.357 e. The monoisotopic (exact) mass is 443 g/mol. The summed E-state index contributed by atoms with van der Waals surface area (Å²) in [4.78, 5) is 54.1. The van der Waals surface area contributed by atoms with Crippen LogP contribution in [0, 0.1) is 6.92 Å². The second-order valence-corrected chi connectivity index (χ2v) is 9.21. The molecule has 1 aromatic heterocycles. The third-order valence-corrected chi connectivity index (χ3v) is 7.26. The number of nitrogens with zero attached hydrogens (tertiary/aromatic N) is 2. The molecule has 28 heavy (non-hydrogen) atoms. The molecule has 2 aliphatic rings. The second-order valence-electron chi connectivity index (χ2n) is 5.93. The molecular weight excluding hydrogens is 426 g/mol. The summed E-state index contributed by atoms with van der Waals surface area (Å²) in [6, 6.07) is -0.685. The van der Waals surface area contributed by atoms with Gasteiger partial charge in [-0.05, 0) is 12.5 Å². The van der Waals surface area contributed by atoms with Gasteiger partial charge in [-0.25, -0.2) is 9.78 Å². The van der Waals surface area contributed by atoms with E-state index in [-0.39, 0.29) is 27.8 Å². The standard InChI is InChI=1S/C16H17N3O6S3/c1-7-3-18-12(28-7)16(23)27-5-9-4-26-14-10(17)13(21)19(14)11(9)15(22)25-6-24-8(2)20/h3,10,14H,4-6,17H2,1-2H3/t10?,14-/m1/s1. The number of amides is 1. The lowest BCUT2D eigenvalue weighted by atomic mass is 10.0. The van der Waals surface area contributed by atoms with Crippen molar-refractivity contribution in [3.05, 3.63) is 27.4 Å². The zero-order valence-electron chi connectivity index (χ0n) is 15.0. The molecule has 2 aliphatic heterocycles. The van der Waals surface area contributed by atoms with Gasteiger partial charge in [-0.15, -0.1) is 23.1 Å². The van der Waals surface area contributed by atoms with Crippen LogP contribution in [0.4, 0.5) is 0 Å². The highest BCUT2D eigenvalue weighted by Crippen LogP contribution is 2.40. The fraction of sp³-hybridized carbons (Fsp3) is 0.438. The number of β-lactam (4-membered cyclic amide) rings is 1. The maximum absolute atomic E-state index is 12.5. The summed E-state index contributed by atoms with van der Waals surface area (Å²) in [5.74, 6) is -1.15. The van der Waals surface area contributed by atoms with E-state index in [0.717, 1.165) is 16.6 Å². The molecule has 3 rings (SSSR count). The predicted octanol–water partition coefficient (Wildman–Crippen LogP) is 0.885. The molecule has 0 radical (unpaired) electrons. The first-order chi connectivity index (χ1) is 13.3. The largest absolute Gasteiger partial charge is 0.428 e. The Morgan fingerprint density at radius 3 is 2.79 bits per heavy atom. The molecule has 2 atom stereocenters. The molecule has 1 aromatic rings. The minimum absolute atomic E-state index is 0.0678. The van der Waals surface area contributed by atoms with Crippen LogP contribution in [0.3, 0.4) is 0 Å². The highest BCUT2D eigenvalue weighted by molar-refractivity contribution is 8.14. The van der Waals surface area contributed by atoms with E-state index < -0.39 is 24.8 Å². The Labute approximate surface area is 173 Å². The highest BCUT2D eigenvalue weighted by atomic mass is 32.2. The van der Waals surface area contributed by atoms with Crippen molar-refractivity contribution >= 4 is 57.8 Å². The summed E-state index contributed by atoms with van der Waals surface area (Å²) in [6.45, 7) is 2.49. The number of esters is 2. The lowest BCUT2D eigenvalue weighted by Gasteiger charge is -2.48. The van der Waals surface area contributed by atoms with Gasteiger partial charge in [0, 0.05) is 29.5 Å². The fourth-order valence-corrected chi connectivity index (χ4v) is 5.62. The molecule has 1 saturated heterocycles. The van der Waals surface area contributed by atoms with Crippen molar-refractivity contribution in [3.8, 4) is 0 Å². The summed E-state index contributed by atoms with van der Waals surface area (Å²) in [5.41, 5.74) is 6.45. The predicted molar refractivity (Wildman–Crippen MR) is 104 cm³/mol. The van der Waals surface area contributed by atoms with Gasteiger partial charge in [-0.2, -0.15) is 0 Å². The number of aryl methyl sites for hydroxylation is 1. The summed E-state index contributed by atoms with van der Waals surface area (Å²) in [5, 5.41) is -0.183. The zero-order valence-corrected chi connectivity index (χ0v) is 17.4. The number of carbonyl (C=O) groups is 4. The average Bonchev–Trinajstić information content (AvgIpc) is 3.10. The lowest BCUT2D eigenvalue weighted by Crippen LogP contribution is -2.68. The molecule has 0 aromatic carbocycles. The van der Waals surface area contributed by atoms with E-state index in [2.05, 4.69) is 9.72 Å². The van der Waals surface area contributed by atoms with Crippen LogP contribution >= 0.6 is 34.9 Å². The van der Waals surface area contributed by atoms with Gasteiger partial charge in [-0.1, -0.05) is 11.8 Å². The van der Waals surface area contributed by atoms with E-state index in [0.29, 0.717) is 16.3 Å². The van der Waals surface area contributed by atoms with E-state index in [1.165, 1.54) is 34.9 Å². The lowest BCUT2D eigenvalue weighted by molar-refractivity contribution is -0.166. The number of hydrogen-bond acceptors (Lipinski definition) is 11. The Morgan fingerprint density at radius 2 is 2.14 bits per heavy atom. The first kappa shape index (κ1) is 20.8. The van der Waals surface area contributed by atoms with Crippen LogP contribution in [-0.4, -0.2) is 62.6 Å². The van der Waals surface area contributed by atoms with Crippen LogP contribution in [-0.2, 0) is 23.9 Å². The van der Waals surface area contributed by atoms with E-state index in [1.54, 1.807) is 6.20 Å². The van der Waals surface area contributed by atoms with Gasteiger partial charge in [0.1, 0.15) is 17.1 Å². The van der Waals surface area contributed by atoms with Gasteiger partial charge < -0.3 is 15.2 Å². The molecule has 1 amide bonds. The minimum Gasteiger partial charge on any atom is -0.428 e. The first-order valence-electron chi connectivity index (χ1n) is 8.12. The number of aromatic nitrogens is 1. The van der Waals surface area contributed by atoms with Crippen molar-refractivity contribution in [2.24, 2.45) is 5.73 Å². The SMILES string of the molecule is CC(=O)OCOC(=O)C1=C(CSC(=O)c2ncc(C)s2)CS[C@@H]2C(N)C(=O)N12. The average molecular weight is 444 g/mol. The van der Waals surface area contributed by atoms with Crippen LogP contribution in [0.1, 0.15) is 21.6 Å². The van der Waals surface area contributed by atoms with Gasteiger partial charge in [0.25, 0.3) is 0 Å². The Balaban J connectivity index is 1.75. The quantitative estimate of drug-likeness (QED) is 0.384. The first-order valence-corrected chi connectivity index (χ1v) is 11.0. The number of carbonyl (C=O) groups excluding carboxylic acids is 4. The summed E-state index contributed by atoms with van der Waals surface area (Å²) < 4.78 is 9.59. The third-order valence-electron chi connectivity index (χ3n) is 3.91. The van der Waals surface area contributed by atoms with Crippen molar-refractivity contribution in [2.75, 3.05) is 18.3 Å². The number of thiazole rings is 1. The molecular formula is C16H17N3O6S3. The molecule has 1 unspecified atom stereocenters. The number of rotatable bonds is 6. The van der Waals surface area contributed by atoms with Gasteiger partial charge in [0.05, 0.1) is 0 Å². The smallest absolute Gasteiger partial charge is 0.357 e. The molecule has 150 valence electrons. The van der Waals surface area contributed by atoms with Crippen molar-refractivity contribution in [2.45, 2.75) is 25.3 Å². The zero-order chi connectivity index (χ0) is 20.4. The molecule has 0 saturated carbocycles. The third kappa shape index (κ3) is 4.24. The molecule has 9 nitrogen and oxygen atoms in total. The molecule has 12 heteroatoms. The Kier molecular flexibility index (Phi) is 6.43. The summed E-state index contributed by atoms with van der Waals surface area (Å²) in [7, 11) is 0.